The molecule has 3 atom stereocenters. The highest BCUT2D eigenvalue weighted by molar-refractivity contribution is 7.09. The molecule has 1 heterocycles. The van der Waals surface area contributed by atoms with Crippen LogP contribution in [-0.4, -0.2) is 30.3 Å². The van der Waals surface area contributed by atoms with E-state index in [0.717, 1.165) is 13.2 Å². The lowest BCUT2D eigenvalue weighted by Crippen LogP contribution is -2.67. The number of hydrogen-bond donors (Lipinski definition) is 1. The summed E-state index contributed by atoms with van der Waals surface area (Å²) < 4.78 is 5.89. The van der Waals surface area contributed by atoms with Crippen LogP contribution in [0.2, 0.25) is 0 Å². The van der Waals surface area contributed by atoms with Crippen LogP contribution in [0.1, 0.15) is 50.5 Å². The van der Waals surface area contributed by atoms with Gasteiger partial charge >= 0.3 is 0 Å². The fourth-order valence-electron chi connectivity index (χ4n) is 3.61. The molecule has 0 amide bonds. The number of thiazole rings is 1. The van der Waals surface area contributed by atoms with Crippen LogP contribution in [0.4, 0.5) is 0 Å². The van der Waals surface area contributed by atoms with E-state index in [1.807, 2.05) is 6.20 Å². The Morgan fingerprint density at radius 2 is 2.42 bits per heavy atom. The molecule has 106 valence electrons. The Bertz CT molecular complexity index is 402. The van der Waals surface area contributed by atoms with Gasteiger partial charge in [0.05, 0.1) is 11.1 Å². The van der Waals surface area contributed by atoms with Gasteiger partial charge in [0.25, 0.3) is 0 Å². The molecular formula is C15H24N2OS. The fourth-order valence-corrected chi connectivity index (χ4v) is 4.31. The van der Waals surface area contributed by atoms with Gasteiger partial charge in [0.1, 0.15) is 0 Å². The summed E-state index contributed by atoms with van der Waals surface area (Å²) in [6, 6.07) is 0.667. The number of ether oxygens (including phenoxy) is 1. The number of nitrogens with one attached hydrogen (secondary N) is 1. The van der Waals surface area contributed by atoms with Crippen LogP contribution in [0.3, 0.4) is 0 Å². The van der Waals surface area contributed by atoms with Crippen LogP contribution in [-0.2, 0) is 4.74 Å². The van der Waals surface area contributed by atoms with Crippen LogP contribution in [0.15, 0.2) is 11.6 Å². The first kappa shape index (κ1) is 13.5. The lowest BCUT2D eigenvalue weighted by molar-refractivity contribution is -0.172. The molecule has 2 aliphatic rings. The quantitative estimate of drug-likeness (QED) is 0.869. The van der Waals surface area contributed by atoms with Crippen molar-refractivity contribution in [1.29, 1.82) is 0 Å². The second kappa shape index (κ2) is 5.51. The minimum atomic E-state index is 0.471. The third kappa shape index (κ3) is 2.34. The maximum absolute atomic E-state index is 5.89. The monoisotopic (exact) mass is 280 g/mol. The van der Waals surface area contributed by atoms with Crippen LogP contribution in [0.5, 0.6) is 0 Å². The summed E-state index contributed by atoms with van der Waals surface area (Å²) in [5.74, 6) is 0.517. The smallest absolute Gasteiger partial charge is 0.0965 e. The second-order valence-electron chi connectivity index (χ2n) is 6.00. The van der Waals surface area contributed by atoms with Gasteiger partial charge in [0.15, 0.2) is 0 Å². The van der Waals surface area contributed by atoms with Crippen molar-refractivity contribution in [2.24, 2.45) is 5.41 Å². The third-order valence-electron chi connectivity index (χ3n) is 4.98. The molecule has 1 aromatic rings. The molecule has 0 saturated heterocycles. The van der Waals surface area contributed by atoms with E-state index in [4.69, 9.17) is 4.74 Å². The van der Waals surface area contributed by atoms with Crippen molar-refractivity contribution in [2.45, 2.75) is 57.6 Å². The lowest BCUT2D eigenvalue weighted by Gasteiger charge is -2.61. The minimum Gasteiger partial charge on any atom is -0.378 e. The summed E-state index contributed by atoms with van der Waals surface area (Å²) in [4.78, 5) is 4.41. The van der Waals surface area contributed by atoms with Gasteiger partial charge < -0.3 is 10.1 Å². The van der Waals surface area contributed by atoms with Gasteiger partial charge in [-0.3, -0.25) is 0 Å². The van der Waals surface area contributed by atoms with Crippen molar-refractivity contribution in [3.63, 3.8) is 0 Å². The average molecular weight is 280 g/mol. The summed E-state index contributed by atoms with van der Waals surface area (Å²) in [5, 5.41) is 7.08. The molecule has 4 heteroatoms. The first-order chi connectivity index (χ1) is 9.26. The predicted octanol–water partition coefficient (Wildman–Crippen LogP) is 3.18. The molecule has 0 bridgehead atoms. The lowest BCUT2D eigenvalue weighted by atomic mass is 9.51. The molecule has 1 spiro atoms. The van der Waals surface area contributed by atoms with Gasteiger partial charge in [-0.25, -0.2) is 4.98 Å². The van der Waals surface area contributed by atoms with E-state index in [0.29, 0.717) is 23.5 Å². The average Bonchev–Trinajstić information content (AvgIpc) is 2.84. The molecule has 2 fully saturated rings. The highest BCUT2D eigenvalue weighted by Gasteiger charge is 2.58. The van der Waals surface area contributed by atoms with Gasteiger partial charge in [-0.1, -0.05) is 13.3 Å². The standard InChI is InChI=1S/C15H24N2OS/c1-3-18-13-9-12(15(13)5-4-6-15)17-10-11(2)14-16-7-8-19-14/h7-8,11-13,17H,3-6,9-10H2,1-2H3. The van der Waals surface area contributed by atoms with Crippen molar-refractivity contribution in [3.8, 4) is 0 Å². The molecular weight excluding hydrogens is 256 g/mol. The van der Waals surface area contributed by atoms with Gasteiger partial charge in [-0.05, 0) is 26.2 Å². The molecule has 1 N–H and O–H groups in total. The maximum atomic E-state index is 5.89. The summed E-state index contributed by atoms with van der Waals surface area (Å²) in [6.45, 7) is 6.27. The summed E-state index contributed by atoms with van der Waals surface area (Å²) in [6.07, 6.45) is 7.68. The Morgan fingerprint density at radius 1 is 1.58 bits per heavy atom. The molecule has 2 aliphatic carbocycles. The molecule has 0 aliphatic heterocycles. The van der Waals surface area contributed by atoms with E-state index < -0.39 is 0 Å². The van der Waals surface area contributed by atoms with E-state index in [-0.39, 0.29) is 0 Å². The van der Waals surface area contributed by atoms with Crippen LogP contribution in [0.25, 0.3) is 0 Å². The third-order valence-corrected chi connectivity index (χ3v) is 5.99. The van der Waals surface area contributed by atoms with Crippen molar-refractivity contribution in [3.05, 3.63) is 16.6 Å². The van der Waals surface area contributed by atoms with Crippen molar-refractivity contribution < 1.29 is 4.74 Å². The Morgan fingerprint density at radius 3 is 3.00 bits per heavy atom. The van der Waals surface area contributed by atoms with Gasteiger partial charge in [-0.2, -0.15) is 0 Å². The summed E-state index contributed by atoms with van der Waals surface area (Å²) >= 11 is 1.76. The Balaban J connectivity index is 1.51. The summed E-state index contributed by atoms with van der Waals surface area (Å²) in [5.41, 5.74) is 0.471. The zero-order valence-electron chi connectivity index (χ0n) is 11.9. The van der Waals surface area contributed by atoms with Gasteiger partial charge in [-0.15, -0.1) is 11.3 Å². The molecule has 3 rings (SSSR count). The summed E-state index contributed by atoms with van der Waals surface area (Å²) in [7, 11) is 0. The van der Waals surface area contributed by atoms with E-state index in [1.165, 1.54) is 30.7 Å². The zero-order chi connectivity index (χ0) is 13.3. The topological polar surface area (TPSA) is 34.1 Å². The van der Waals surface area contributed by atoms with Crippen LogP contribution in [0, 0.1) is 5.41 Å². The largest absolute Gasteiger partial charge is 0.378 e. The highest BCUT2D eigenvalue weighted by Crippen LogP contribution is 2.57. The number of aromatic nitrogens is 1. The second-order valence-corrected chi connectivity index (χ2v) is 6.92. The molecule has 0 radical (unpaired) electrons. The first-order valence-corrected chi connectivity index (χ1v) is 8.38. The van der Waals surface area contributed by atoms with Crippen molar-refractivity contribution in [1.82, 2.24) is 10.3 Å². The number of nitrogens with zero attached hydrogens (tertiary/aromatic N) is 1. The van der Waals surface area contributed by atoms with E-state index in [1.54, 1.807) is 11.3 Å². The molecule has 2 saturated carbocycles. The van der Waals surface area contributed by atoms with Crippen LogP contribution < -0.4 is 5.32 Å². The molecule has 3 nitrogen and oxygen atoms in total. The Labute approximate surface area is 119 Å². The molecule has 1 aromatic heterocycles. The fraction of sp³-hybridized carbons (Fsp3) is 0.800. The number of rotatable bonds is 6. The number of hydrogen-bond acceptors (Lipinski definition) is 4. The predicted molar refractivity (Wildman–Crippen MR) is 78.6 cm³/mol. The van der Waals surface area contributed by atoms with Gasteiger partial charge in [0.2, 0.25) is 0 Å². The normalized spacial score (nSPS) is 29.8. The molecule has 19 heavy (non-hydrogen) atoms. The SMILES string of the molecule is CCOC1CC(NCC(C)c2nccs2)C12CCC2. The maximum Gasteiger partial charge on any atom is 0.0965 e. The zero-order valence-corrected chi connectivity index (χ0v) is 12.7. The van der Waals surface area contributed by atoms with Crippen molar-refractivity contribution >= 4 is 11.3 Å². The van der Waals surface area contributed by atoms with E-state index in [9.17, 15) is 0 Å². The molecule has 0 aromatic carbocycles. The van der Waals surface area contributed by atoms with Crippen LogP contribution >= 0.6 is 11.3 Å². The Kier molecular flexibility index (Phi) is 3.92. The minimum absolute atomic E-state index is 0.471. The first-order valence-electron chi connectivity index (χ1n) is 7.50. The van der Waals surface area contributed by atoms with Gasteiger partial charge in [0, 0.05) is 42.1 Å². The van der Waals surface area contributed by atoms with Crippen molar-refractivity contribution in [2.75, 3.05) is 13.2 Å². The van der Waals surface area contributed by atoms with E-state index >= 15 is 0 Å². The highest BCUT2D eigenvalue weighted by atomic mass is 32.1. The van der Waals surface area contributed by atoms with E-state index in [2.05, 4.69) is 29.5 Å². The Hall–Kier alpha value is -0.450. The molecule has 3 unspecified atom stereocenters.